The minimum absolute atomic E-state index is 0.0333. The Labute approximate surface area is 156 Å². The molecule has 2 aromatic heterocycles. The van der Waals surface area contributed by atoms with Gasteiger partial charge in [-0.15, -0.1) is 5.10 Å². The van der Waals surface area contributed by atoms with Crippen molar-refractivity contribution in [1.82, 2.24) is 25.1 Å². The summed E-state index contributed by atoms with van der Waals surface area (Å²) in [7, 11) is 0. The highest BCUT2D eigenvalue weighted by Crippen LogP contribution is 2.17. The molecule has 0 fully saturated rings. The molecule has 7 nitrogen and oxygen atoms in total. The van der Waals surface area contributed by atoms with Crippen LogP contribution >= 0.6 is 11.6 Å². The molecule has 0 bridgehead atoms. The van der Waals surface area contributed by atoms with E-state index in [1.54, 1.807) is 6.07 Å². The number of benzene rings is 2. The lowest BCUT2D eigenvalue weighted by molar-refractivity contribution is 0.0947. The average molecular weight is 386 g/mol. The number of carbonyl (C=O) groups is 1. The molecule has 0 spiro atoms. The Hall–Kier alpha value is -3.26. The first-order valence-corrected chi connectivity index (χ1v) is 8.42. The topological polar surface area (TPSA) is 92.1 Å². The lowest BCUT2D eigenvalue weighted by Gasteiger charge is -2.05. The molecule has 136 valence electrons. The van der Waals surface area contributed by atoms with Crippen LogP contribution in [0.5, 0.6) is 0 Å². The maximum Gasteiger partial charge on any atom is 0.277 e. The van der Waals surface area contributed by atoms with Crippen LogP contribution in [0.2, 0.25) is 5.02 Å². The van der Waals surface area contributed by atoms with Gasteiger partial charge < -0.3 is 10.3 Å². The fraction of sp³-hybridized carbons (Fsp3) is 0.111. The van der Waals surface area contributed by atoms with Crippen molar-refractivity contribution >= 4 is 34.1 Å². The van der Waals surface area contributed by atoms with Gasteiger partial charge in [-0.25, -0.2) is 8.91 Å². The number of carbonyl (C=O) groups excluding carboxylic acids is 1. The monoisotopic (exact) mass is 385 g/mol. The van der Waals surface area contributed by atoms with Crippen molar-refractivity contribution in [3.63, 3.8) is 0 Å². The SMILES string of the molecule is Cc1ccc2c(c1)[nH]c(=O)c1c(C(=O)NCc3ccc(F)c(Cl)c3)nnn12. The van der Waals surface area contributed by atoms with Crippen LogP contribution in [0.3, 0.4) is 0 Å². The number of halogens is 2. The van der Waals surface area contributed by atoms with Crippen molar-refractivity contribution < 1.29 is 9.18 Å². The molecule has 0 radical (unpaired) electrons. The van der Waals surface area contributed by atoms with Gasteiger partial charge in [0.05, 0.1) is 16.1 Å². The van der Waals surface area contributed by atoms with E-state index in [9.17, 15) is 14.0 Å². The zero-order valence-electron chi connectivity index (χ0n) is 14.1. The highest BCUT2D eigenvalue weighted by atomic mass is 35.5. The van der Waals surface area contributed by atoms with E-state index >= 15 is 0 Å². The zero-order chi connectivity index (χ0) is 19.1. The van der Waals surface area contributed by atoms with Crippen molar-refractivity contribution in [2.24, 2.45) is 0 Å². The molecule has 27 heavy (non-hydrogen) atoms. The van der Waals surface area contributed by atoms with Gasteiger partial charge in [0.25, 0.3) is 11.5 Å². The van der Waals surface area contributed by atoms with Gasteiger partial charge in [-0.2, -0.15) is 0 Å². The summed E-state index contributed by atoms with van der Waals surface area (Å²) >= 11 is 5.74. The number of amides is 1. The smallest absolute Gasteiger partial charge is 0.277 e. The van der Waals surface area contributed by atoms with Gasteiger partial charge in [-0.3, -0.25) is 9.59 Å². The summed E-state index contributed by atoms with van der Waals surface area (Å²) in [5.41, 5.74) is 2.33. The average Bonchev–Trinajstić information content (AvgIpc) is 3.08. The van der Waals surface area contributed by atoms with Crippen LogP contribution in [0.15, 0.2) is 41.2 Å². The minimum Gasteiger partial charge on any atom is -0.346 e. The van der Waals surface area contributed by atoms with E-state index in [0.717, 1.165) is 5.56 Å². The Morgan fingerprint density at radius 2 is 2.11 bits per heavy atom. The summed E-state index contributed by atoms with van der Waals surface area (Å²) in [6.45, 7) is 2.01. The molecule has 2 N–H and O–H groups in total. The number of aromatic nitrogens is 4. The second kappa shape index (κ2) is 6.48. The second-order valence-electron chi connectivity index (χ2n) is 6.10. The Balaban J connectivity index is 1.69. The molecule has 0 aliphatic rings. The number of nitrogens with zero attached hydrogens (tertiary/aromatic N) is 3. The number of hydrogen-bond acceptors (Lipinski definition) is 4. The predicted molar refractivity (Wildman–Crippen MR) is 98.4 cm³/mol. The standard InChI is InChI=1S/C18H13ClFN5O2/c1-9-2-5-14-13(6-9)22-18(27)16-15(23-24-25(14)16)17(26)21-8-10-3-4-12(20)11(19)7-10/h2-7H,8H2,1H3,(H,21,26)(H,22,27). The number of aromatic amines is 1. The maximum absolute atomic E-state index is 13.2. The Morgan fingerprint density at radius 3 is 2.89 bits per heavy atom. The van der Waals surface area contributed by atoms with E-state index in [0.29, 0.717) is 16.6 Å². The van der Waals surface area contributed by atoms with E-state index < -0.39 is 17.3 Å². The lowest BCUT2D eigenvalue weighted by Crippen LogP contribution is -2.25. The number of hydrogen-bond donors (Lipinski definition) is 2. The molecule has 0 aliphatic carbocycles. The highest BCUT2D eigenvalue weighted by molar-refractivity contribution is 6.30. The Kier molecular flexibility index (Phi) is 4.12. The Bertz CT molecular complexity index is 1260. The van der Waals surface area contributed by atoms with Crippen molar-refractivity contribution in [3.05, 3.63) is 74.4 Å². The molecule has 2 heterocycles. The third kappa shape index (κ3) is 3.04. The van der Waals surface area contributed by atoms with Crippen LogP contribution in [-0.2, 0) is 6.54 Å². The van der Waals surface area contributed by atoms with Crippen molar-refractivity contribution in [3.8, 4) is 0 Å². The van der Waals surface area contributed by atoms with Crippen molar-refractivity contribution in [2.75, 3.05) is 0 Å². The van der Waals surface area contributed by atoms with Gasteiger partial charge in [-0.1, -0.05) is 28.9 Å². The Morgan fingerprint density at radius 1 is 1.30 bits per heavy atom. The molecule has 0 saturated carbocycles. The fourth-order valence-electron chi connectivity index (χ4n) is 2.84. The van der Waals surface area contributed by atoms with Crippen LogP contribution in [-0.4, -0.2) is 25.7 Å². The van der Waals surface area contributed by atoms with Crippen LogP contribution in [0, 0.1) is 12.7 Å². The van der Waals surface area contributed by atoms with Crippen LogP contribution in [0.1, 0.15) is 21.6 Å². The third-order valence-electron chi connectivity index (χ3n) is 4.17. The molecule has 9 heteroatoms. The third-order valence-corrected chi connectivity index (χ3v) is 4.46. The highest BCUT2D eigenvalue weighted by Gasteiger charge is 2.19. The number of H-pyrrole nitrogens is 1. The maximum atomic E-state index is 13.2. The summed E-state index contributed by atoms with van der Waals surface area (Å²) < 4.78 is 14.6. The number of nitrogens with one attached hydrogen (secondary N) is 2. The summed E-state index contributed by atoms with van der Waals surface area (Å²) in [6, 6.07) is 9.63. The molecule has 4 rings (SSSR count). The van der Waals surface area contributed by atoms with Gasteiger partial charge in [-0.05, 0) is 42.3 Å². The fourth-order valence-corrected chi connectivity index (χ4v) is 3.04. The van der Waals surface area contributed by atoms with E-state index in [1.165, 1.54) is 22.7 Å². The first-order valence-electron chi connectivity index (χ1n) is 8.04. The van der Waals surface area contributed by atoms with E-state index in [1.807, 2.05) is 19.1 Å². The summed E-state index contributed by atoms with van der Waals surface area (Å²) in [4.78, 5) is 27.7. The largest absolute Gasteiger partial charge is 0.346 e. The number of fused-ring (bicyclic) bond motifs is 3. The molecule has 0 saturated heterocycles. The molecule has 0 unspecified atom stereocenters. The predicted octanol–water partition coefficient (Wildman–Crippen LogP) is 2.60. The van der Waals surface area contributed by atoms with Crippen LogP contribution in [0.25, 0.3) is 16.6 Å². The van der Waals surface area contributed by atoms with Crippen molar-refractivity contribution in [2.45, 2.75) is 13.5 Å². The lowest BCUT2D eigenvalue weighted by atomic mass is 10.2. The number of rotatable bonds is 3. The van der Waals surface area contributed by atoms with Crippen molar-refractivity contribution in [1.29, 1.82) is 0 Å². The molecular formula is C18H13ClFN5O2. The first-order chi connectivity index (χ1) is 12.9. The summed E-state index contributed by atoms with van der Waals surface area (Å²) in [5.74, 6) is -1.10. The van der Waals surface area contributed by atoms with Gasteiger partial charge in [0, 0.05) is 6.54 Å². The minimum atomic E-state index is -0.567. The molecular weight excluding hydrogens is 373 g/mol. The van der Waals surface area contributed by atoms with E-state index in [2.05, 4.69) is 20.6 Å². The quantitative estimate of drug-likeness (QED) is 0.567. The second-order valence-corrected chi connectivity index (χ2v) is 6.51. The molecule has 4 aromatic rings. The molecule has 0 aliphatic heterocycles. The first kappa shape index (κ1) is 17.2. The van der Waals surface area contributed by atoms with Crippen LogP contribution in [0.4, 0.5) is 4.39 Å². The van der Waals surface area contributed by atoms with Gasteiger partial charge in [0.15, 0.2) is 11.2 Å². The molecule has 2 aromatic carbocycles. The zero-order valence-corrected chi connectivity index (χ0v) is 14.8. The van der Waals surface area contributed by atoms with Gasteiger partial charge >= 0.3 is 0 Å². The van der Waals surface area contributed by atoms with E-state index in [-0.39, 0.29) is 22.8 Å². The van der Waals surface area contributed by atoms with Gasteiger partial charge in [0.1, 0.15) is 5.82 Å². The van der Waals surface area contributed by atoms with E-state index in [4.69, 9.17) is 11.6 Å². The summed E-state index contributed by atoms with van der Waals surface area (Å²) in [5, 5.41) is 10.4. The number of aryl methyl sites for hydroxylation is 1. The van der Waals surface area contributed by atoms with Crippen LogP contribution < -0.4 is 10.9 Å². The normalized spacial score (nSPS) is 11.2. The molecule has 1 amide bonds. The van der Waals surface area contributed by atoms with Gasteiger partial charge in [0.2, 0.25) is 0 Å². The molecule has 0 atom stereocenters. The summed E-state index contributed by atoms with van der Waals surface area (Å²) in [6.07, 6.45) is 0.